The smallest absolute Gasteiger partial charge is 0.311 e. The van der Waals surface area contributed by atoms with Crippen LogP contribution in [-0.4, -0.2) is 31.0 Å². The third-order valence-electron chi connectivity index (χ3n) is 1.96. The quantitative estimate of drug-likeness (QED) is 0.768. The first kappa shape index (κ1) is 9.38. The lowest BCUT2D eigenvalue weighted by molar-refractivity contribution is -0.136. The van der Waals surface area contributed by atoms with E-state index in [1.54, 1.807) is 11.6 Å². The average Bonchev–Trinajstić information content (AvgIpc) is 2.76. The Bertz CT molecular complexity index is 474. The third-order valence-corrected chi connectivity index (χ3v) is 1.96. The summed E-state index contributed by atoms with van der Waals surface area (Å²) >= 11 is 0. The first-order valence-corrected chi connectivity index (χ1v) is 4.18. The zero-order chi connectivity index (χ0) is 10.8. The Hall–Kier alpha value is -2.18. The highest BCUT2D eigenvalue weighted by molar-refractivity contribution is 5.69. The van der Waals surface area contributed by atoms with Crippen molar-refractivity contribution in [2.75, 3.05) is 0 Å². The molecule has 0 aromatic carbocycles. The standard InChI is InChI=1S/C8H8N4O3/c1-12-6(2-7(13)14)10-11-8(12)5-3-9-15-4-5/h3-4H,2H2,1H3,(H,13,14). The first-order chi connectivity index (χ1) is 7.18. The fourth-order valence-electron chi connectivity index (χ4n) is 1.22. The Balaban J connectivity index is 2.36. The van der Waals surface area contributed by atoms with Gasteiger partial charge in [-0.2, -0.15) is 0 Å². The monoisotopic (exact) mass is 208 g/mol. The molecule has 0 spiro atoms. The van der Waals surface area contributed by atoms with Crippen LogP contribution in [0.25, 0.3) is 11.4 Å². The number of aliphatic carboxylic acids is 1. The Morgan fingerprint density at radius 2 is 2.40 bits per heavy atom. The fraction of sp³-hybridized carbons (Fsp3) is 0.250. The molecular formula is C8H8N4O3. The zero-order valence-electron chi connectivity index (χ0n) is 7.91. The van der Waals surface area contributed by atoms with Crippen LogP contribution in [0.3, 0.4) is 0 Å². The SMILES string of the molecule is Cn1c(CC(=O)O)nnc1-c1cnoc1. The molecule has 0 fully saturated rings. The molecule has 2 heterocycles. The number of carboxylic acid groups (broad SMARTS) is 1. The van der Waals surface area contributed by atoms with Crippen LogP contribution in [0.5, 0.6) is 0 Å². The van der Waals surface area contributed by atoms with Crippen LogP contribution in [0.2, 0.25) is 0 Å². The lowest BCUT2D eigenvalue weighted by atomic mass is 10.3. The predicted octanol–water partition coefficient (Wildman–Crippen LogP) is 0.0972. The highest BCUT2D eigenvalue weighted by atomic mass is 16.5. The molecule has 0 amide bonds. The minimum absolute atomic E-state index is 0.158. The van der Waals surface area contributed by atoms with Crippen molar-refractivity contribution in [3.63, 3.8) is 0 Å². The van der Waals surface area contributed by atoms with Crippen molar-refractivity contribution in [1.82, 2.24) is 19.9 Å². The van der Waals surface area contributed by atoms with E-state index in [2.05, 4.69) is 19.9 Å². The number of aromatic nitrogens is 4. The van der Waals surface area contributed by atoms with Crippen molar-refractivity contribution in [1.29, 1.82) is 0 Å². The fourth-order valence-corrected chi connectivity index (χ4v) is 1.22. The molecule has 7 nitrogen and oxygen atoms in total. The molecule has 0 aliphatic carbocycles. The van der Waals surface area contributed by atoms with Gasteiger partial charge in [-0.3, -0.25) is 4.79 Å². The maximum atomic E-state index is 10.5. The number of nitrogens with zero attached hydrogens (tertiary/aromatic N) is 4. The normalized spacial score (nSPS) is 10.5. The topological polar surface area (TPSA) is 94.0 Å². The number of hydrogen-bond donors (Lipinski definition) is 1. The van der Waals surface area contributed by atoms with E-state index in [1.807, 2.05) is 0 Å². The minimum Gasteiger partial charge on any atom is -0.481 e. The van der Waals surface area contributed by atoms with Gasteiger partial charge < -0.3 is 14.2 Å². The van der Waals surface area contributed by atoms with Gasteiger partial charge in [0.15, 0.2) is 5.82 Å². The Labute approximate surface area is 84.3 Å². The van der Waals surface area contributed by atoms with Gasteiger partial charge in [0, 0.05) is 7.05 Å². The van der Waals surface area contributed by atoms with Crippen molar-refractivity contribution in [3.05, 3.63) is 18.3 Å². The summed E-state index contributed by atoms with van der Waals surface area (Å²) in [5.41, 5.74) is 0.668. The summed E-state index contributed by atoms with van der Waals surface area (Å²) < 4.78 is 6.26. The Morgan fingerprint density at radius 3 is 3.00 bits per heavy atom. The van der Waals surface area contributed by atoms with E-state index in [0.717, 1.165) is 0 Å². The van der Waals surface area contributed by atoms with Gasteiger partial charge >= 0.3 is 5.97 Å². The molecule has 15 heavy (non-hydrogen) atoms. The predicted molar refractivity (Wildman–Crippen MR) is 47.8 cm³/mol. The average molecular weight is 208 g/mol. The molecule has 0 saturated heterocycles. The summed E-state index contributed by atoms with van der Waals surface area (Å²) in [6, 6.07) is 0. The molecule has 0 atom stereocenters. The number of rotatable bonds is 3. The van der Waals surface area contributed by atoms with Crippen LogP contribution in [0.4, 0.5) is 0 Å². The molecule has 78 valence electrons. The maximum absolute atomic E-state index is 10.5. The van der Waals surface area contributed by atoms with Gasteiger partial charge in [-0.25, -0.2) is 0 Å². The Kier molecular flexibility index (Phi) is 2.20. The van der Waals surface area contributed by atoms with Gasteiger partial charge in [0.1, 0.15) is 18.5 Å². The van der Waals surface area contributed by atoms with Crippen LogP contribution in [0.15, 0.2) is 17.0 Å². The van der Waals surface area contributed by atoms with Crippen LogP contribution < -0.4 is 0 Å². The number of hydrogen-bond acceptors (Lipinski definition) is 5. The second-order valence-electron chi connectivity index (χ2n) is 2.98. The largest absolute Gasteiger partial charge is 0.481 e. The molecule has 2 rings (SSSR count). The molecule has 0 radical (unpaired) electrons. The third kappa shape index (κ3) is 1.71. The molecule has 0 saturated carbocycles. The molecule has 0 aliphatic heterocycles. The van der Waals surface area contributed by atoms with Crippen molar-refractivity contribution < 1.29 is 14.4 Å². The maximum Gasteiger partial charge on any atom is 0.311 e. The summed E-state index contributed by atoms with van der Waals surface area (Å²) in [6.45, 7) is 0. The van der Waals surface area contributed by atoms with Gasteiger partial charge in [0.25, 0.3) is 0 Å². The van der Waals surface area contributed by atoms with Crippen LogP contribution in [-0.2, 0) is 18.3 Å². The van der Waals surface area contributed by atoms with Gasteiger partial charge in [0.2, 0.25) is 0 Å². The van der Waals surface area contributed by atoms with Crippen molar-refractivity contribution >= 4 is 5.97 Å². The van der Waals surface area contributed by atoms with E-state index < -0.39 is 5.97 Å². The first-order valence-electron chi connectivity index (χ1n) is 4.18. The Morgan fingerprint density at radius 1 is 1.60 bits per heavy atom. The molecule has 1 N–H and O–H groups in total. The highest BCUT2D eigenvalue weighted by Crippen LogP contribution is 2.15. The minimum atomic E-state index is -0.942. The van der Waals surface area contributed by atoms with E-state index in [-0.39, 0.29) is 6.42 Å². The number of carbonyl (C=O) groups is 1. The summed E-state index contributed by atoms with van der Waals surface area (Å²) in [4.78, 5) is 10.5. The lowest BCUT2D eigenvalue weighted by Crippen LogP contribution is -2.06. The van der Waals surface area contributed by atoms with E-state index >= 15 is 0 Å². The second-order valence-corrected chi connectivity index (χ2v) is 2.98. The van der Waals surface area contributed by atoms with E-state index in [1.165, 1.54) is 12.5 Å². The van der Waals surface area contributed by atoms with E-state index in [4.69, 9.17) is 5.11 Å². The van der Waals surface area contributed by atoms with Crippen molar-refractivity contribution in [3.8, 4) is 11.4 Å². The van der Waals surface area contributed by atoms with Gasteiger partial charge in [-0.1, -0.05) is 5.16 Å². The van der Waals surface area contributed by atoms with Gasteiger partial charge in [-0.05, 0) is 0 Å². The van der Waals surface area contributed by atoms with E-state index in [9.17, 15) is 4.79 Å². The molecule has 2 aromatic heterocycles. The van der Waals surface area contributed by atoms with Crippen LogP contribution >= 0.6 is 0 Å². The molecular weight excluding hydrogens is 200 g/mol. The number of carboxylic acids is 1. The summed E-state index contributed by atoms with van der Waals surface area (Å²) in [7, 11) is 1.70. The second kappa shape index (κ2) is 3.52. The highest BCUT2D eigenvalue weighted by Gasteiger charge is 2.14. The molecule has 0 aliphatic rings. The lowest BCUT2D eigenvalue weighted by Gasteiger charge is -1.98. The molecule has 0 bridgehead atoms. The molecule has 0 unspecified atom stereocenters. The zero-order valence-corrected chi connectivity index (χ0v) is 7.91. The summed E-state index contributed by atoms with van der Waals surface area (Å²) in [5, 5.41) is 19.8. The molecule has 2 aromatic rings. The summed E-state index contributed by atoms with van der Waals surface area (Å²) in [6.07, 6.45) is 2.76. The van der Waals surface area contributed by atoms with Crippen LogP contribution in [0.1, 0.15) is 5.82 Å². The van der Waals surface area contributed by atoms with Crippen LogP contribution in [0, 0.1) is 0 Å². The van der Waals surface area contributed by atoms with Crippen molar-refractivity contribution in [2.24, 2.45) is 7.05 Å². The van der Waals surface area contributed by atoms with Crippen molar-refractivity contribution in [2.45, 2.75) is 6.42 Å². The van der Waals surface area contributed by atoms with Gasteiger partial charge in [-0.15, -0.1) is 10.2 Å². The van der Waals surface area contributed by atoms with E-state index in [0.29, 0.717) is 17.2 Å². The summed E-state index contributed by atoms with van der Waals surface area (Å²) in [5.74, 6) is -0.0198. The molecule has 7 heteroatoms. The van der Waals surface area contributed by atoms with Gasteiger partial charge in [0.05, 0.1) is 11.8 Å².